The van der Waals surface area contributed by atoms with E-state index in [1.54, 1.807) is 0 Å². The van der Waals surface area contributed by atoms with E-state index in [-0.39, 0.29) is 5.41 Å². The van der Waals surface area contributed by atoms with E-state index in [1.807, 2.05) is 60.9 Å². The Balaban J connectivity index is 1.29. The maximum absolute atomic E-state index is 6.55. The lowest BCUT2D eigenvalue weighted by Crippen LogP contribution is -2.30. The van der Waals surface area contributed by atoms with Crippen LogP contribution in [0.5, 0.6) is 11.5 Å². The number of hydrogen-bond acceptors (Lipinski definition) is 4. The van der Waals surface area contributed by atoms with Crippen molar-refractivity contribution in [2.75, 3.05) is 4.90 Å². The summed E-state index contributed by atoms with van der Waals surface area (Å²) in [4.78, 5) is 11.8. The minimum atomic E-state index is -0.216. The fourth-order valence-corrected chi connectivity index (χ4v) is 7.30. The molecule has 0 fully saturated rings. The van der Waals surface area contributed by atoms with Gasteiger partial charge in [-0.05, 0) is 83.9 Å². The topological polar surface area (TPSA) is 43.2 Å². The highest BCUT2D eigenvalue weighted by Crippen LogP contribution is 2.55. The summed E-state index contributed by atoms with van der Waals surface area (Å²) in [6, 6.07) is 50.5. The molecule has 0 N–H and O–H groups in total. The van der Waals surface area contributed by atoms with Gasteiger partial charge in [-0.2, -0.15) is 0 Å². The Labute approximate surface area is 279 Å². The van der Waals surface area contributed by atoms with Crippen molar-refractivity contribution >= 4 is 38.9 Å². The number of benzene rings is 5. The maximum atomic E-state index is 6.55. The SMILES string of the molecule is CC1(C)c2ccccc2N(c2ccccc2)c2c1ccc1c2c2ccc(Oc3cccc(-c4ccccn4)c3)cc2n1-c1ccccn1. The predicted octanol–water partition coefficient (Wildman–Crippen LogP) is 11.1. The molecule has 0 unspecified atom stereocenters. The van der Waals surface area contributed by atoms with Crippen LogP contribution in [-0.4, -0.2) is 14.5 Å². The predicted molar refractivity (Wildman–Crippen MR) is 195 cm³/mol. The van der Waals surface area contributed by atoms with Crippen LogP contribution in [-0.2, 0) is 5.41 Å². The smallest absolute Gasteiger partial charge is 0.137 e. The first-order chi connectivity index (χ1) is 23.6. The molecule has 230 valence electrons. The Hall–Kier alpha value is -6.20. The van der Waals surface area contributed by atoms with E-state index in [0.29, 0.717) is 0 Å². The first-order valence-electron chi connectivity index (χ1n) is 16.2. The number of aromatic nitrogens is 3. The zero-order valence-corrected chi connectivity index (χ0v) is 26.7. The van der Waals surface area contributed by atoms with Gasteiger partial charge in [0.05, 0.1) is 28.1 Å². The number of para-hydroxylation sites is 2. The van der Waals surface area contributed by atoms with E-state index in [4.69, 9.17) is 9.72 Å². The summed E-state index contributed by atoms with van der Waals surface area (Å²) in [5.74, 6) is 2.36. The van der Waals surface area contributed by atoms with Crippen LogP contribution in [0.25, 0.3) is 38.9 Å². The first-order valence-corrected chi connectivity index (χ1v) is 16.2. The van der Waals surface area contributed by atoms with E-state index in [0.717, 1.165) is 50.7 Å². The summed E-state index contributed by atoms with van der Waals surface area (Å²) < 4.78 is 8.81. The summed E-state index contributed by atoms with van der Waals surface area (Å²) in [6.07, 6.45) is 3.66. The zero-order chi connectivity index (χ0) is 32.2. The molecule has 1 aliphatic rings. The summed E-state index contributed by atoms with van der Waals surface area (Å²) in [5, 5.41) is 2.32. The second-order valence-corrected chi connectivity index (χ2v) is 12.7. The number of rotatable bonds is 5. The fraction of sp³-hybridized carbons (Fsp3) is 0.0698. The second kappa shape index (κ2) is 11.0. The van der Waals surface area contributed by atoms with E-state index in [2.05, 4.69) is 125 Å². The van der Waals surface area contributed by atoms with Gasteiger partial charge in [-0.25, -0.2) is 4.98 Å². The lowest BCUT2D eigenvalue weighted by molar-refractivity contribution is 0.483. The summed E-state index contributed by atoms with van der Waals surface area (Å²) in [6.45, 7) is 4.67. The molecule has 5 nitrogen and oxygen atoms in total. The van der Waals surface area contributed by atoms with Crippen LogP contribution in [0.3, 0.4) is 0 Å². The lowest BCUT2D eigenvalue weighted by atomic mass is 9.73. The average molecular weight is 621 g/mol. The highest BCUT2D eigenvalue weighted by Gasteiger charge is 2.38. The van der Waals surface area contributed by atoms with Crippen molar-refractivity contribution in [1.82, 2.24) is 14.5 Å². The van der Waals surface area contributed by atoms with Gasteiger partial charge in [0, 0.05) is 45.9 Å². The van der Waals surface area contributed by atoms with Crippen LogP contribution in [0.2, 0.25) is 0 Å². The Morgan fingerprint density at radius 1 is 0.583 bits per heavy atom. The van der Waals surface area contributed by atoms with Crippen LogP contribution < -0.4 is 9.64 Å². The molecule has 0 spiro atoms. The Morgan fingerprint density at radius 2 is 1.35 bits per heavy atom. The van der Waals surface area contributed by atoms with Crippen molar-refractivity contribution in [3.8, 4) is 28.6 Å². The Bertz CT molecular complexity index is 2450. The monoisotopic (exact) mass is 620 g/mol. The van der Waals surface area contributed by atoms with Crippen molar-refractivity contribution in [1.29, 1.82) is 0 Å². The third-order valence-electron chi connectivity index (χ3n) is 9.51. The molecule has 48 heavy (non-hydrogen) atoms. The molecule has 0 saturated heterocycles. The third kappa shape index (κ3) is 4.39. The molecule has 0 aliphatic carbocycles. The molecule has 1 aliphatic heterocycles. The fourth-order valence-electron chi connectivity index (χ4n) is 7.30. The molecule has 4 heterocycles. The summed E-state index contributed by atoms with van der Waals surface area (Å²) >= 11 is 0. The van der Waals surface area contributed by atoms with Gasteiger partial charge in [-0.15, -0.1) is 0 Å². The van der Waals surface area contributed by atoms with Gasteiger partial charge in [0.25, 0.3) is 0 Å². The number of pyridine rings is 2. The molecule has 0 radical (unpaired) electrons. The molecule has 3 aromatic heterocycles. The molecule has 0 saturated carbocycles. The molecular formula is C43H32N4O. The normalized spacial score (nSPS) is 13.3. The van der Waals surface area contributed by atoms with Crippen LogP contribution in [0, 0.1) is 0 Å². The van der Waals surface area contributed by atoms with E-state index >= 15 is 0 Å². The summed E-state index contributed by atoms with van der Waals surface area (Å²) in [7, 11) is 0. The van der Waals surface area contributed by atoms with Crippen LogP contribution in [0.15, 0.2) is 158 Å². The number of hydrogen-bond donors (Lipinski definition) is 0. The van der Waals surface area contributed by atoms with Crippen molar-refractivity contribution in [2.45, 2.75) is 19.3 Å². The molecule has 8 aromatic rings. The highest BCUT2D eigenvalue weighted by atomic mass is 16.5. The van der Waals surface area contributed by atoms with Crippen molar-refractivity contribution < 1.29 is 4.74 Å². The van der Waals surface area contributed by atoms with Gasteiger partial charge >= 0.3 is 0 Å². The quantitative estimate of drug-likeness (QED) is 0.192. The van der Waals surface area contributed by atoms with Crippen molar-refractivity contribution in [3.63, 3.8) is 0 Å². The van der Waals surface area contributed by atoms with Gasteiger partial charge in [-0.1, -0.05) is 80.6 Å². The molecule has 9 rings (SSSR count). The number of ether oxygens (including phenoxy) is 1. The lowest BCUT2D eigenvalue weighted by Gasteiger charge is -2.42. The number of nitrogens with zero attached hydrogens (tertiary/aromatic N) is 4. The zero-order valence-electron chi connectivity index (χ0n) is 26.7. The van der Waals surface area contributed by atoms with Gasteiger partial charge in [0.15, 0.2) is 0 Å². The van der Waals surface area contributed by atoms with E-state index in [9.17, 15) is 0 Å². The minimum Gasteiger partial charge on any atom is -0.457 e. The molecule has 0 amide bonds. The van der Waals surface area contributed by atoms with Crippen LogP contribution in [0.4, 0.5) is 17.1 Å². The molecule has 0 bridgehead atoms. The van der Waals surface area contributed by atoms with Crippen molar-refractivity contribution in [3.05, 3.63) is 169 Å². The Morgan fingerprint density at radius 3 is 2.17 bits per heavy atom. The molecular weight excluding hydrogens is 589 g/mol. The van der Waals surface area contributed by atoms with Crippen molar-refractivity contribution in [2.24, 2.45) is 0 Å². The average Bonchev–Trinajstić information content (AvgIpc) is 3.47. The number of fused-ring (bicyclic) bond motifs is 6. The Kier molecular flexibility index (Phi) is 6.40. The van der Waals surface area contributed by atoms with Crippen LogP contribution in [0.1, 0.15) is 25.0 Å². The third-order valence-corrected chi connectivity index (χ3v) is 9.51. The number of anilines is 3. The minimum absolute atomic E-state index is 0.216. The standard InChI is InChI=1S/C43H32N4O/c1-43(2)34-17-6-7-19-37(34)46(30-14-4-3-5-15-30)42-35(43)23-24-38-41(42)33-22-21-32(28-39(33)47(38)40-20-9-11-26-45-40)48-31-16-12-13-29(27-31)36-18-8-10-25-44-36/h3-28H,1-2H3. The first kappa shape index (κ1) is 28.1. The largest absolute Gasteiger partial charge is 0.457 e. The molecule has 5 heteroatoms. The second-order valence-electron chi connectivity index (χ2n) is 12.7. The summed E-state index contributed by atoms with van der Waals surface area (Å²) in [5.41, 5.74) is 9.92. The highest BCUT2D eigenvalue weighted by molar-refractivity contribution is 6.18. The van der Waals surface area contributed by atoms with Crippen LogP contribution >= 0.6 is 0 Å². The van der Waals surface area contributed by atoms with Gasteiger partial charge < -0.3 is 9.64 Å². The molecule has 5 aromatic carbocycles. The van der Waals surface area contributed by atoms with Gasteiger partial charge in [-0.3, -0.25) is 9.55 Å². The maximum Gasteiger partial charge on any atom is 0.137 e. The van der Waals surface area contributed by atoms with Gasteiger partial charge in [0.2, 0.25) is 0 Å². The molecule has 0 atom stereocenters. The van der Waals surface area contributed by atoms with E-state index in [1.165, 1.54) is 27.9 Å². The van der Waals surface area contributed by atoms with E-state index < -0.39 is 0 Å². The van der Waals surface area contributed by atoms with Gasteiger partial charge in [0.1, 0.15) is 17.3 Å².